The monoisotopic (exact) mass is 783 g/mol. The smallest absolute Gasteiger partial charge is 0.408 e. The number of aliphatic hydroxyl groups excluding tert-OH is 1. The Labute approximate surface area is 328 Å². The number of cyclic esters (lactones) is 1. The Morgan fingerprint density at radius 3 is 2.45 bits per heavy atom. The number of ether oxygens (including phenoxy) is 5. The van der Waals surface area contributed by atoms with Crippen LogP contribution in [0.15, 0.2) is 42.6 Å². The average Bonchev–Trinajstić information content (AvgIpc) is 3.48. The van der Waals surface area contributed by atoms with Gasteiger partial charge in [-0.25, -0.2) is 14.0 Å². The molecule has 13 atom stereocenters. The summed E-state index contributed by atoms with van der Waals surface area (Å²) in [7, 11) is 5.03. The highest BCUT2D eigenvalue weighted by Crippen LogP contribution is 2.41. The molecule has 4 heterocycles. The zero-order chi connectivity index (χ0) is 41.3. The third kappa shape index (κ3) is 8.69. The average molecular weight is 784 g/mol. The fraction of sp³-hybridized carbons (Fsp3) is 0.643. The third-order valence-corrected chi connectivity index (χ3v) is 12.1. The van der Waals surface area contributed by atoms with Crippen molar-refractivity contribution >= 4 is 40.6 Å². The summed E-state index contributed by atoms with van der Waals surface area (Å²) < 4.78 is 47.2. The van der Waals surface area contributed by atoms with Crippen LogP contribution in [-0.4, -0.2) is 119 Å². The molecule has 2 N–H and O–H groups in total. The molecule has 308 valence electrons. The number of rotatable bonds is 8. The summed E-state index contributed by atoms with van der Waals surface area (Å²) in [4.78, 5) is 61.9. The zero-order valence-electron chi connectivity index (χ0n) is 34.1. The number of carbonyl (C=O) groups is 4. The number of Topliss-reactive ketones (excluding diaryl/α,β-unsaturated/α-hetero) is 2. The Morgan fingerprint density at radius 1 is 1.07 bits per heavy atom. The molecule has 0 aliphatic carbocycles. The second kappa shape index (κ2) is 17.0. The molecule has 0 saturated carbocycles. The van der Waals surface area contributed by atoms with E-state index >= 15 is 4.39 Å². The fourth-order valence-electron chi connectivity index (χ4n) is 8.69. The number of carbonyl (C=O) groups excluding carboxylic acids is 4. The zero-order valence-corrected chi connectivity index (χ0v) is 34.1. The van der Waals surface area contributed by atoms with Crippen LogP contribution in [0.25, 0.3) is 17.0 Å². The number of alkyl halides is 1. The summed E-state index contributed by atoms with van der Waals surface area (Å²) >= 11 is 0. The van der Waals surface area contributed by atoms with Gasteiger partial charge in [-0.1, -0.05) is 51.1 Å². The van der Waals surface area contributed by atoms with E-state index in [9.17, 15) is 24.3 Å². The van der Waals surface area contributed by atoms with Crippen LogP contribution in [0.4, 0.5) is 9.18 Å². The van der Waals surface area contributed by atoms with Crippen molar-refractivity contribution in [1.29, 1.82) is 0 Å². The lowest BCUT2D eigenvalue weighted by molar-refractivity contribution is -0.295. The van der Waals surface area contributed by atoms with Gasteiger partial charge in [0, 0.05) is 42.5 Å². The van der Waals surface area contributed by atoms with E-state index in [-0.39, 0.29) is 37.2 Å². The van der Waals surface area contributed by atoms with Crippen molar-refractivity contribution in [3.8, 4) is 0 Å². The van der Waals surface area contributed by atoms with Crippen molar-refractivity contribution in [3.05, 3.63) is 48.2 Å². The molecule has 1 aromatic heterocycles. The van der Waals surface area contributed by atoms with Gasteiger partial charge >= 0.3 is 12.1 Å². The molecule has 0 bridgehead atoms. The minimum atomic E-state index is -3.20. The largest absolute Gasteiger partial charge is 0.455 e. The van der Waals surface area contributed by atoms with Gasteiger partial charge in [-0.2, -0.15) is 0 Å². The number of aromatic nitrogens is 1. The van der Waals surface area contributed by atoms with Crippen molar-refractivity contribution in [2.75, 3.05) is 21.2 Å². The van der Waals surface area contributed by atoms with E-state index in [2.05, 4.69) is 10.3 Å². The topological polar surface area (TPSA) is 163 Å². The van der Waals surface area contributed by atoms with Gasteiger partial charge in [-0.15, -0.1) is 0 Å². The minimum Gasteiger partial charge on any atom is -0.455 e. The third-order valence-electron chi connectivity index (χ3n) is 12.1. The normalized spacial score (nSPS) is 38.9. The van der Waals surface area contributed by atoms with Gasteiger partial charge in [0.2, 0.25) is 0 Å². The van der Waals surface area contributed by atoms with Crippen LogP contribution in [0.5, 0.6) is 0 Å². The first-order valence-corrected chi connectivity index (χ1v) is 19.4. The second-order valence-corrected chi connectivity index (χ2v) is 16.6. The Hall–Kier alpha value is -3.82. The van der Waals surface area contributed by atoms with Crippen molar-refractivity contribution in [2.45, 2.75) is 134 Å². The number of nitrogens with one attached hydrogen (secondary N) is 1. The quantitative estimate of drug-likeness (QED) is 0.266. The number of methoxy groups -OCH3 is 1. The lowest BCUT2D eigenvalue weighted by Crippen LogP contribution is -2.61. The van der Waals surface area contributed by atoms with Crippen molar-refractivity contribution < 1.29 is 52.4 Å². The van der Waals surface area contributed by atoms with Gasteiger partial charge < -0.3 is 39.0 Å². The van der Waals surface area contributed by atoms with Gasteiger partial charge in [0.25, 0.3) is 5.67 Å². The van der Waals surface area contributed by atoms with E-state index in [1.54, 1.807) is 33.9 Å². The molecular formula is C42H58FN3O10. The summed E-state index contributed by atoms with van der Waals surface area (Å²) in [6.45, 7) is 10.6. The number of para-hydroxylation sites is 1. The molecule has 14 heteroatoms. The summed E-state index contributed by atoms with van der Waals surface area (Å²) in [5, 5.41) is 15.1. The number of esters is 1. The van der Waals surface area contributed by atoms with Crippen LogP contribution in [0.1, 0.15) is 79.7 Å². The van der Waals surface area contributed by atoms with Crippen LogP contribution in [0.3, 0.4) is 0 Å². The number of allylic oxidation sites excluding steroid dienone is 1. The number of aliphatic hydroxyl groups is 1. The lowest BCUT2D eigenvalue weighted by atomic mass is 9.73. The fourth-order valence-corrected chi connectivity index (χ4v) is 8.69. The Morgan fingerprint density at radius 2 is 1.77 bits per heavy atom. The summed E-state index contributed by atoms with van der Waals surface area (Å²) in [6.07, 6.45) is 0.0794. The van der Waals surface area contributed by atoms with Gasteiger partial charge in [-0.05, 0) is 85.2 Å². The Bertz CT molecular complexity index is 1800. The number of likely N-dealkylation sites (N-methyl/N-ethyl adjacent to an activating group) is 1. The van der Waals surface area contributed by atoms with E-state index in [1.807, 2.05) is 68.4 Å². The Kier molecular flexibility index (Phi) is 13.1. The molecule has 13 nitrogen and oxygen atoms in total. The molecule has 2 aromatic rings. The predicted octanol–water partition coefficient (Wildman–Crippen LogP) is 5.20. The molecule has 0 spiro atoms. The number of alkyl carbamates (subject to hydrolysis) is 1. The maximum Gasteiger partial charge on any atom is 0.408 e. The number of pyridine rings is 1. The van der Waals surface area contributed by atoms with E-state index < -0.39 is 83.1 Å². The van der Waals surface area contributed by atoms with Crippen molar-refractivity contribution in [1.82, 2.24) is 15.2 Å². The maximum atomic E-state index is 17.0. The number of halogens is 1. The first-order valence-electron chi connectivity index (χ1n) is 19.4. The maximum absolute atomic E-state index is 17.0. The number of benzene rings is 1. The highest BCUT2D eigenvalue weighted by atomic mass is 19.1. The highest BCUT2D eigenvalue weighted by molar-refractivity contribution is 6.08. The molecule has 3 saturated heterocycles. The molecular weight excluding hydrogens is 725 g/mol. The SMILES string of the molecule is CO[C@]1(C)C[C@@H](C)C(=O)[C@H](C)C2NC(=O)O[C@]2(C)[C@@H](CCC=Cc2cnc3ccccc3c2)OC(=O)[C@@](C)(F)C(=O)[C@H](C)C1OC1OC(C)CC(N(C)C)C1O. The standard InChI is InChI=1S/C42H58FN3O10/c1-23-21-40(5,52-10)36(55-37-33(48)30(46(8)9)19-24(2)53-37)26(4)35(49)41(6,43)38(50)54-31(42(7)34(25(3)32(23)47)45-39(51)56-42)18-14-11-15-27-20-28-16-12-13-17-29(28)44-22-27/h11-13,15-17,20,22-26,30-31,33-34,36-37,48H,14,18-19,21H2,1-10H3,(H,45,51)/t23-,24?,25+,26+,30?,31-,33?,34?,36?,37?,40-,41+,42-/m1/s1. The van der Waals surface area contributed by atoms with Crippen LogP contribution in [-0.2, 0) is 38.1 Å². The number of nitrogens with zero attached hydrogens (tertiary/aromatic N) is 2. The summed E-state index contributed by atoms with van der Waals surface area (Å²) in [6, 6.07) is 8.32. The van der Waals surface area contributed by atoms with E-state index in [0.29, 0.717) is 6.42 Å². The van der Waals surface area contributed by atoms with Gasteiger partial charge in [0.05, 0.1) is 29.4 Å². The van der Waals surface area contributed by atoms with Crippen molar-refractivity contribution in [2.24, 2.45) is 17.8 Å². The highest BCUT2D eigenvalue weighted by Gasteiger charge is 2.59. The van der Waals surface area contributed by atoms with Crippen LogP contribution >= 0.6 is 0 Å². The van der Waals surface area contributed by atoms with Crippen molar-refractivity contribution in [3.63, 3.8) is 0 Å². The van der Waals surface area contributed by atoms with E-state index in [0.717, 1.165) is 23.4 Å². The molecule has 3 aliphatic rings. The summed E-state index contributed by atoms with van der Waals surface area (Å²) in [5.74, 6) is -5.89. The Balaban J connectivity index is 1.51. The first-order chi connectivity index (χ1) is 26.2. The van der Waals surface area contributed by atoms with Gasteiger partial charge in [0.1, 0.15) is 18.0 Å². The van der Waals surface area contributed by atoms with Crippen LogP contribution < -0.4 is 5.32 Å². The summed E-state index contributed by atoms with van der Waals surface area (Å²) in [5.41, 5.74) is -4.60. The molecule has 0 radical (unpaired) electrons. The predicted molar refractivity (Wildman–Crippen MR) is 206 cm³/mol. The number of hydrogen-bond donors (Lipinski definition) is 2. The van der Waals surface area contributed by atoms with Crippen LogP contribution in [0.2, 0.25) is 0 Å². The molecule has 5 rings (SSSR count). The second-order valence-electron chi connectivity index (χ2n) is 16.6. The molecule has 56 heavy (non-hydrogen) atoms. The van der Waals surface area contributed by atoms with E-state index in [1.165, 1.54) is 14.0 Å². The van der Waals surface area contributed by atoms with Gasteiger partial charge in [0.15, 0.2) is 17.7 Å². The molecule has 1 aromatic carbocycles. The number of amides is 1. The molecule has 6 unspecified atom stereocenters. The van der Waals surface area contributed by atoms with Gasteiger partial charge in [-0.3, -0.25) is 14.6 Å². The number of fused-ring (bicyclic) bond motifs is 2. The lowest BCUT2D eigenvalue weighted by Gasteiger charge is -2.47. The van der Waals surface area contributed by atoms with Crippen LogP contribution in [0, 0.1) is 17.8 Å². The molecule has 3 fully saturated rings. The molecule has 1 amide bonds. The van der Waals surface area contributed by atoms with E-state index in [4.69, 9.17) is 23.7 Å². The minimum absolute atomic E-state index is 0.00598. The first kappa shape index (κ1) is 43.3. The number of hydrogen-bond acceptors (Lipinski definition) is 12. The molecule has 3 aliphatic heterocycles. The number of ketones is 2.